The molecule has 0 aromatic rings. The van der Waals surface area contributed by atoms with Gasteiger partial charge in [-0.25, -0.2) is 0 Å². The lowest BCUT2D eigenvalue weighted by Crippen LogP contribution is -2.19. The summed E-state index contributed by atoms with van der Waals surface area (Å²) in [5.74, 6) is 0.607. The summed E-state index contributed by atoms with van der Waals surface area (Å²) in [5, 5.41) is 10.1. The molecule has 2 nitrogen and oxygen atoms in total. The smallest absolute Gasteiger partial charge is 0.116 e. The molecule has 1 heterocycles. The molecule has 96 valence electrons. The van der Waals surface area contributed by atoms with E-state index >= 15 is 0 Å². The SMILES string of the molecule is CC1=CC[C@H](/C(C)=C/[C@@H](O)[C@@H]2OC2(C)C)CC1. The Labute approximate surface area is 104 Å². The fourth-order valence-corrected chi connectivity index (χ4v) is 2.65. The molecule has 3 atom stereocenters. The Hall–Kier alpha value is -0.600. The lowest BCUT2D eigenvalue weighted by atomic mass is 9.84. The Bertz CT molecular complexity index is 352. The highest BCUT2D eigenvalue weighted by Crippen LogP contribution is 2.39. The normalized spacial score (nSPS) is 34.2. The van der Waals surface area contributed by atoms with Crippen LogP contribution in [0, 0.1) is 5.92 Å². The molecule has 0 aromatic heterocycles. The van der Waals surface area contributed by atoms with Crippen LogP contribution >= 0.6 is 0 Å². The van der Waals surface area contributed by atoms with Gasteiger partial charge in [-0.1, -0.05) is 23.3 Å². The largest absolute Gasteiger partial charge is 0.386 e. The number of epoxide rings is 1. The monoisotopic (exact) mass is 236 g/mol. The third kappa shape index (κ3) is 2.99. The fourth-order valence-electron chi connectivity index (χ4n) is 2.65. The van der Waals surface area contributed by atoms with Gasteiger partial charge in [0.2, 0.25) is 0 Å². The summed E-state index contributed by atoms with van der Waals surface area (Å²) in [7, 11) is 0. The summed E-state index contributed by atoms with van der Waals surface area (Å²) in [6.45, 7) is 8.38. The molecule has 0 radical (unpaired) electrons. The molecular weight excluding hydrogens is 212 g/mol. The van der Waals surface area contributed by atoms with E-state index in [4.69, 9.17) is 4.74 Å². The van der Waals surface area contributed by atoms with Crippen molar-refractivity contribution in [3.8, 4) is 0 Å². The van der Waals surface area contributed by atoms with E-state index in [9.17, 15) is 5.11 Å². The lowest BCUT2D eigenvalue weighted by Gasteiger charge is -2.22. The van der Waals surface area contributed by atoms with Crippen molar-refractivity contribution in [2.45, 2.75) is 64.8 Å². The predicted octanol–water partition coefficient (Wildman–Crippen LogP) is 3.22. The van der Waals surface area contributed by atoms with Gasteiger partial charge >= 0.3 is 0 Å². The zero-order valence-electron chi connectivity index (χ0n) is 11.4. The van der Waals surface area contributed by atoms with Crippen LogP contribution in [0.3, 0.4) is 0 Å². The minimum atomic E-state index is -0.447. The van der Waals surface area contributed by atoms with Gasteiger partial charge in [-0.3, -0.25) is 0 Å². The molecule has 0 bridgehead atoms. The Kier molecular flexibility index (Phi) is 3.46. The maximum Gasteiger partial charge on any atom is 0.116 e. The summed E-state index contributed by atoms with van der Waals surface area (Å²) >= 11 is 0. The van der Waals surface area contributed by atoms with Gasteiger partial charge in [0.05, 0.1) is 5.60 Å². The van der Waals surface area contributed by atoms with E-state index in [-0.39, 0.29) is 11.7 Å². The van der Waals surface area contributed by atoms with Gasteiger partial charge in [-0.2, -0.15) is 0 Å². The zero-order chi connectivity index (χ0) is 12.6. The van der Waals surface area contributed by atoms with Crippen LogP contribution in [-0.2, 0) is 4.74 Å². The number of hydrogen-bond donors (Lipinski definition) is 1. The number of rotatable bonds is 3. The average Bonchev–Trinajstić information content (AvgIpc) is 2.89. The highest BCUT2D eigenvalue weighted by molar-refractivity contribution is 5.17. The molecular formula is C15H24O2. The van der Waals surface area contributed by atoms with Gasteiger partial charge < -0.3 is 9.84 Å². The second kappa shape index (κ2) is 4.58. The second-order valence-corrected chi connectivity index (χ2v) is 6.06. The van der Waals surface area contributed by atoms with Crippen molar-refractivity contribution in [3.63, 3.8) is 0 Å². The van der Waals surface area contributed by atoms with Gasteiger partial charge in [0.25, 0.3) is 0 Å². The molecule has 2 aliphatic rings. The first-order valence-corrected chi connectivity index (χ1v) is 6.60. The summed E-state index contributed by atoms with van der Waals surface area (Å²) in [5.41, 5.74) is 2.67. The average molecular weight is 236 g/mol. The Morgan fingerprint density at radius 3 is 2.71 bits per heavy atom. The highest BCUT2D eigenvalue weighted by Gasteiger charge is 2.51. The van der Waals surface area contributed by atoms with E-state index in [1.165, 1.54) is 24.0 Å². The number of hydrogen-bond acceptors (Lipinski definition) is 2. The van der Waals surface area contributed by atoms with Crippen LogP contribution in [0.25, 0.3) is 0 Å². The van der Waals surface area contributed by atoms with E-state index in [2.05, 4.69) is 19.9 Å². The van der Waals surface area contributed by atoms with Crippen molar-refractivity contribution in [2.24, 2.45) is 5.92 Å². The highest BCUT2D eigenvalue weighted by atomic mass is 16.6. The van der Waals surface area contributed by atoms with Gasteiger partial charge in [0.15, 0.2) is 0 Å². The molecule has 1 N–H and O–H groups in total. The van der Waals surface area contributed by atoms with Gasteiger partial charge in [0, 0.05) is 0 Å². The van der Waals surface area contributed by atoms with Crippen molar-refractivity contribution < 1.29 is 9.84 Å². The standard InChI is InChI=1S/C15H24O2/c1-10-5-7-12(8-6-10)11(2)9-13(16)14-15(3,4)17-14/h5,9,12-14,16H,6-8H2,1-4H3/b11-9+/t12-,13+,14-/m0/s1. The zero-order valence-corrected chi connectivity index (χ0v) is 11.4. The molecule has 2 rings (SSSR count). The van der Waals surface area contributed by atoms with Crippen LogP contribution in [0.5, 0.6) is 0 Å². The molecule has 1 saturated heterocycles. The van der Waals surface area contributed by atoms with E-state index in [0.29, 0.717) is 5.92 Å². The Morgan fingerprint density at radius 2 is 2.24 bits per heavy atom. The Balaban J connectivity index is 1.93. The van der Waals surface area contributed by atoms with E-state index < -0.39 is 6.10 Å². The molecule has 0 amide bonds. The minimum Gasteiger partial charge on any atom is -0.386 e. The first-order chi connectivity index (χ1) is 7.90. The van der Waals surface area contributed by atoms with E-state index in [1.54, 1.807) is 0 Å². The molecule has 0 saturated carbocycles. The third-order valence-corrected chi connectivity index (χ3v) is 4.08. The summed E-state index contributed by atoms with van der Waals surface area (Å²) in [6.07, 6.45) is 7.39. The van der Waals surface area contributed by atoms with Crippen LogP contribution in [-0.4, -0.2) is 22.9 Å². The summed E-state index contributed by atoms with van der Waals surface area (Å²) < 4.78 is 5.46. The maximum absolute atomic E-state index is 10.1. The quantitative estimate of drug-likeness (QED) is 0.603. The van der Waals surface area contributed by atoms with E-state index in [1.807, 2.05) is 19.9 Å². The van der Waals surface area contributed by atoms with Crippen molar-refractivity contribution in [3.05, 3.63) is 23.3 Å². The molecule has 1 aliphatic heterocycles. The minimum absolute atomic E-state index is 0.0154. The molecule has 1 fully saturated rings. The topological polar surface area (TPSA) is 32.8 Å². The van der Waals surface area contributed by atoms with Crippen LogP contribution < -0.4 is 0 Å². The molecule has 17 heavy (non-hydrogen) atoms. The fraction of sp³-hybridized carbons (Fsp3) is 0.733. The van der Waals surface area contributed by atoms with Crippen molar-refractivity contribution in [1.82, 2.24) is 0 Å². The van der Waals surface area contributed by atoms with Crippen molar-refractivity contribution >= 4 is 0 Å². The molecule has 0 aromatic carbocycles. The summed E-state index contributed by atoms with van der Waals surface area (Å²) in [4.78, 5) is 0. The second-order valence-electron chi connectivity index (χ2n) is 6.06. The van der Waals surface area contributed by atoms with Crippen LogP contribution in [0.1, 0.15) is 47.0 Å². The number of aliphatic hydroxyl groups is 1. The maximum atomic E-state index is 10.1. The van der Waals surface area contributed by atoms with Crippen LogP contribution in [0.15, 0.2) is 23.3 Å². The third-order valence-electron chi connectivity index (χ3n) is 4.08. The predicted molar refractivity (Wildman–Crippen MR) is 69.8 cm³/mol. The molecule has 0 unspecified atom stereocenters. The first kappa shape index (κ1) is 12.8. The summed E-state index contributed by atoms with van der Waals surface area (Å²) in [6, 6.07) is 0. The van der Waals surface area contributed by atoms with Crippen LogP contribution in [0.2, 0.25) is 0 Å². The number of ether oxygens (including phenoxy) is 1. The van der Waals surface area contributed by atoms with Gasteiger partial charge in [-0.15, -0.1) is 0 Å². The lowest BCUT2D eigenvalue weighted by molar-refractivity contribution is 0.175. The number of aliphatic hydroxyl groups excluding tert-OH is 1. The number of allylic oxidation sites excluding steroid dienone is 3. The van der Waals surface area contributed by atoms with Crippen molar-refractivity contribution in [2.75, 3.05) is 0 Å². The van der Waals surface area contributed by atoms with Gasteiger partial charge in [-0.05, 0) is 52.9 Å². The Morgan fingerprint density at radius 1 is 1.59 bits per heavy atom. The van der Waals surface area contributed by atoms with Crippen LogP contribution in [0.4, 0.5) is 0 Å². The molecule has 2 heteroatoms. The molecule has 0 spiro atoms. The molecule has 1 aliphatic carbocycles. The van der Waals surface area contributed by atoms with Crippen molar-refractivity contribution in [1.29, 1.82) is 0 Å². The first-order valence-electron chi connectivity index (χ1n) is 6.60. The van der Waals surface area contributed by atoms with Gasteiger partial charge in [0.1, 0.15) is 12.2 Å². The van der Waals surface area contributed by atoms with E-state index in [0.717, 1.165) is 6.42 Å².